The number of fused-ring (bicyclic) bond motifs is 3. The van der Waals surface area contributed by atoms with Gasteiger partial charge >= 0.3 is 5.97 Å². The minimum atomic E-state index is -0.451. The van der Waals surface area contributed by atoms with Crippen LogP contribution in [0.4, 0.5) is 0 Å². The number of ether oxygens (including phenoxy) is 1. The summed E-state index contributed by atoms with van der Waals surface area (Å²) in [6.45, 7) is 0. The van der Waals surface area contributed by atoms with E-state index in [1.54, 1.807) is 36.4 Å². The third-order valence-corrected chi connectivity index (χ3v) is 3.45. The van der Waals surface area contributed by atoms with E-state index in [9.17, 15) is 9.59 Å². The van der Waals surface area contributed by atoms with Crippen molar-refractivity contribution >= 4 is 23.4 Å². The maximum absolute atomic E-state index is 12.3. The van der Waals surface area contributed by atoms with E-state index in [-0.39, 0.29) is 5.78 Å². The molecule has 2 aromatic rings. The van der Waals surface area contributed by atoms with E-state index in [1.165, 1.54) is 7.11 Å². The predicted octanol–water partition coefficient (Wildman–Crippen LogP) is 3.34. The number of esters is 1. The molecule has 0 aliphatic heterocycles. The van der Waals surface area contributed by atoms with Crippen LogP contribution in [0.2, 0.25) is 5.02 Å². The third kappa shape index (κ3) is 1.66. The highest BCUT2D eigenvalue weighted by Gasteiger charge is 2.30. The summed E-state index contributed by atoms with van der Waals surface area (Å²) in [5.41, 5.74) is 2.80. The molecule has 0 N–H and O–H groups in total. The Kier molecular flexibility index (Phi) is 2.64. The molecule has 1 aliphatic rings. The van der Waals surface area contributed by atoms with Crippen molar-refractivity contribution in [2.75, 3.05) is 7.11 Å². The van der Waals surface area contributed by atoms with Crippen LogP contribution in [0, 0.1) is 0 Å². The molecule has 0 spiro atoms. The van der Waals surface area contributed by atoms with Crippen LogP contribution in [0.15, 0.2) is 36.4 Å². The van der Waals surface area contributed by atoms with Gasteiger partial charge in [-0.25, -0.2) is 4.79 Å². The van der Waals surface area contributed by atoms with E-state index in [0.717, 1.165) is 5.56 Å². The number of hydrogen-bond donors (Lipinski definition) is 0. The van der Waals surface area contributed by atoms with Crippen molar-refractivity contribution in [2.24, 2.45) is 0 Å². The van der Waals surface area contributed by atoms with Crippen LogP contribution >= 0.6 is 11.6 Å². The number of benzene rings is 2. The minimum absolute atomic E-state index is 0.113. The minimum Gasteiger partial charge on any atom is -0.465 e. The molecule has 0 radical (unpaired) electrons. The lowest BCUT2D eigenvalue weighted by Crippen LogP contribution is -2.04. The van der Waals surface area contributed by atoms with Crippen LogP contribution in [0.25, 0.3) is 11.1 Å². The van der Waals surface area contributed by atoms with Crippen molar-refractivity contribution in [3.8, 4) is 11.1 Å². The summed E-state index contributed by atoms with van der Waals surface area (Å²) < 4.78 is 4.76. The van der Waals surface area contributed by atoms with Gasteiger partial charge in [0.2, 0.25) is 0 Å². The molecule has 0 bridgehead atoms. The third-order valence-electron chi connectivity index (χ3n) is 3.21. The standard InChI is InChI=1S/C15H9ClO3/c1-19-15(18)11-4-2-3-10-13(11)9-6-5-8(16)7-12(9)14(10)17/h2-7H,1H3. The number of carbonyl (C=O) groups is 2. The second-order valence-electron chi connectivity index (χ2n) is 4.24. The molecule has 1 aliphatic carbocycles. The van der Waals surface area contributed by atoms with Crippen molar-refractivity contribution in [1.82, 2.24) is 0 Å². The number of rotatable bonds is 1. The Morgan fingerprint density at radius 3 is 2.63 bits per heavy atom. The van der Waals surface area contributed by atoms with Gasteiger partial charge in [0.15, 0.2) is 5.78 Å². The van der Waals surface area contributed by atoms with Crippen LogP contribution in [0.3, 0.4) is 0 Å². The van der Waals surface area contributed by atoms with Gasteiger partial charge in [0.1, 0.15) is 0 Å². The number of halogens is 1. The Morgan fingerprint density at radius 1 is 1.11 bits per heavy atom. The van der Waals surface area contributed by atoms with Crippen LogP contribution < -0.4 is 0 Å². The zero-order chi connectivity index (χ0) is 13.6. The lowest BCUT2D eigenvalue weighted by molar-refractivity contribution is 0.0601. The van der Waals surface area contributed by atoms with Gasteiger partial charge in [-0.15, -0.1) is 0 Å². The summed E-state index contributed by atoms with van der Waals surface area (Å²) in [7, 11) is 1.32. The highest BCUT2D eigenvalue weighted by Crippen LogP contribution is 2.40. The summed E-state index contributed by atoms with van der Waals surface area (Å²) in [6.07, 6.45) is 0. The van der Waals surface area contributed by atoms with Gasteiger partial charge in [0.25, 0.3) is 0 Å². The van der Waals surface area contributed by atoms with Crippen molar-refractivity contribution in [3.63, 3.8) is 0 Å². The summed E-state index contributed by atoms with van der Waals surface area (Å²) in [6, 6.07) is 10.1. The first kappa shape index (κ1) is 11.9. The van der Waals surface area contributed by atoms with E-state index in [4.69, 9.17) is 16.3 Å². The molecule has 3 rings (SSSR count). The average Bonchev–Trinajstić information content (AvgIpc) is 2.71. The first-order valence-electron chi connectivity index (χ1n) is 5.69. The van der Waals surface area contributed by atoms with E-state index in [1.807, 2.05) is 0 Å². The SMILES string of the molecule is COC(=O)c1cccc2c1-c1ccc(Cl)cc1C2=O. The first-order chi connectivity index (χ1) is 9.13. The largest absolute Gasteiger partial charge is 0.465 e. The molecule has 19 heavy (non-hydrogen) atoms. The molecule has 0 fully saturated rings. The first-order valence-corrected chi connectivity index (χ1v) is 6.07. The van der Waals surface area contributed by atoms with Gasteiger partial charge in [0.05, 0.1) is 12.7 Å². The lowest BCUT2D eigenvalue weighted by atomic mass is 9.99. The second kappa shape index (κ2) is 4.21. The van der Waals surface area contributed by atoms with Crippen LogP contribution in [-0.4, -0.2) is 18.9 Å². The molecule has 0 saturated heterocycles. The van der Waals surface area contributed by atoms with Crippen molar-refractivity contribution in [2.45, 2.75) is 0 Å². The van der Waals surface area contributed by atoms with Crippen LogP contribution in [0.5, 0.6) is 0 Å². The second-order valence-corrected chi connectivity index (χ2v) is 4.68. The van der Waals surface area contributed by atoms with Gasteiger partial charge in [0, 0.05) is 21.7 Å². The number of ketones is 1. The monoisotopic (exact) mass is 272 g/mol. The van der Waals surface area contributed by atoms with E-state index >= 15 is 0 Å². The Balaban J connectivity index is 2.34. The molecular formula is C15H9ClO3. The van der Waals surface area contributed by atoms with Crippen molar-refractivity contribution in [1.29, 1.82) is 0 Å². The van der Waals surface area contributed by atoms with Crippen molar-refractivity contribution in [3.05, 3.63) is 58.1 Å². The molecule has 0 atom stereocenters. The molecule has 2 aromatic carbocycles. The normalized spacial score (nSPS) is 12.0. The predicted molar refractivity (Wildman–Crippen MR) is 71.7 cm³/mol. The molecule has 0 heterocycles. The van der Waals surface area contributed by atoms with Crippen LogP contribution in [-0.2, 0) is 4.74 Å². The molecule has 0 saturated carbocycles. The Bertz CT molecular complexity index is 719. The van der Waals surface area contributed by atoms with Gasteiger partial charge in [-0.1, -0.05) is 29.8 Å². The van der Waals surface area contributed by atoms with Crippen LogP contribution in [0.1, 0.15) is 26.3 Å². The number of methoxy groups -OCH3 is 1. The quantitative estimate of drug-likeness (QED) is 0.638. The maximum Gasteiger partial charge on any atom is 0.338 e. The average molecular weight is 273 g/mol. The van der Waals surface area contributed by atoms with E-state index in [0.29, 0.717) is 27.3 Å². The molecule has 0 aromatic heterocycles. The smallest absolute Gasteiger partial charge is 0.338 e. The summed E-state index contributed by atoms with van der Waals surface area (Å²) in [5, 5.41) is 0.500. The maximum atomic E-state index is 12.3. The van der Waals surface area contributed by atoms with Gasteiger partial charge in [-0.05, 0) is 23.8 Å². The molecule has 94 valence electrons. The fourth-order valence-corrected chi connectivity index (χ4v) is 2.55. The Morgan fingerprint density at radius 2 is 1.89 bits per heavy atom. The zero-order valence-corrected chi connectivity index (χ0v) is 10.8. The molecule has 3 nitrogen and oxygen atoms in total. The molecule has 4 heteroatoms. The fraction of sp³-hybridized carbons (Fsp3) is 0.0667. The van der Waals surface area contributed by atoms with E-state index < -0.39 is 5.97 Å². The van der Waals surface area contributed by atoms with Gasteiger partial charge in [-0.3, -0.25) is 4.79 Å². The highest BCUT2D eigenvalue weighted by atomic mass is 35.5. The summed E-state index contributed by atoms with van der Waals surface area (Å²) >= 11 is 5.92. The van der Waals surface area contributed by atoms with Gasteiger partial charge < -0.3 is 4.74 Å². The topological polar surface area (TPSA) is 43.4 Å². The molecule has 0 unspecified atom stereocenters. The summed E-state index contributed by atoms with van der Waals surface area (Å²) in [5.74, 6) is -0.564. The highest BCUT2D eigenvalue weighted by molar-refractivity contribution is 6.32. The van der Waals surface area contributed by atoms with E-state index in [2.05, 4.69) is 0 Å². The molecule has 0 amide bonds. The zero-order valence-electron chi connectivity index (χ0n) is 10.1. The number of hydrogen-bond acceptors (Lipinski definition) is 3. The number of carbonyl (C=O) groups excluding carboxylic acids is 2. The lowest BCUT2D eigenvalue weighted by Gasteiger charge is -2.06. The summed E-state index contributed by atoms with van der Waals surface area (Å²) in [4.78, 5) is 24.1. The molecular weight excluding hydrogens is 264 g/mol. The fourth-order valence-electron chi connectivity index (χ4n) is 2.38. The Labute approximate surface area is 114 Å². The Hall–Kier alpha value is -2.13. The van der Waals surface area contributed by atoms with Crippen molar-refractivity contribution < 1.29 is 14.3 Å². The van der Waals surface area contributed by atoms with Gasteiger partial charge in [-0.2, -0.15) is 0 Å².